The summed E-state index contributed by atoms with van der Waals surface area (Å²) in [6.07, 6.45) is 2.99. The van der Waals surface area contributed by atoms with Gasteiger partial charge in [-0.05, 0) is 69.7 Å². The Balaban J connectivity index is 1.62. The Morgan fingerprint density at radius 3 is 2.71 bits per heavy atom. The van der Waals surface area contributed by atoms with Crippen LogP contribution in [-0.4, -0.2) is 30.1 Å². The number of pyridine rings is 1. The highest BCUT2D eigenvalue weighted by molar-refractivity contribution is 5.97. The first-order valence-corrected chi connectivity index (χ1v) is 9.82. The summed E-state index contributed by atoms with van der Waals surface area (Å²) < 4.78 is 11.3. The number of carbonyl (C=O) groups is 1. The number of aromatic nitrogens is 1. The molecule has 1 N–H and O–H groups in total. The van der Waals surface area contributed by atoms with Crippen LogP contribution in [0.2, 0.25) is 0 Å². The Morgan fingerprint density at radius 1 is 1.21 bits per heavy atom. The van der Waals surface area contributed by atoms with Gasteiger partial charge in [0.2, 0.25) is 5.88 Å². The van der Waals surface area contributed by atoms with Gasteiger partial charge < -0.3 is 14.8 Å². The number of fused-ring (bicyclic) bond motifs is 1. The van der Waals surface area contributed by atoms with E-state index >= 15 is 0 Å². The van der Waals surface area contributed by atoms with Gasteiger partial charge in [-0.15, -0.1) is 0 Å². The van der Waals surface area contributed by atoms with Crippen LogP contribution in [0.4, 0.5) is 0 Å². The fraction of sp³-hybridized carbons (Fsp3) is 0.478. The molecule has 0 fully saturated rings. The van der Waals surface area contributed by atoms with Crippen molar-refractivity contribution < 1.29 is 14.3 Å². The van der Waals surface area contributed by atoms with Crippen molar-refractivity contribution in [1.29, 1.82) is 0 Å². The highest BCUT2D eigenvalue weighted by Gasteiger charge is 2.26. The van der Waals surface area contributed by atoms with Crippen molar-refractivity contribution in [2.24, 2.45) is 0 Å². The lowest BCUT2D eigenvalue weighted by molar-refractivity contribution is 0.0613. The number of methoxy groups -OCH3 is 1. The van der Waals surface area contributed by atoms with Crippen molar-refractivity contribution in [3.63, 3.8) is 0 Å². The molecule has 1 amide bonds. The molecular weight excluding hydrogens is 352 g/mol. The maximum absolute atomic E-state index is 12.9. The molecule has 150 valence electrons. The minimum atomic E-state index is -0.514. The summed E-state index contributed by atoms with van der Waals surface area (Å²) in [5.41, 5.74) is 5.79. The highest BCUT2D eigenvalue weighted by atomic mass is 16.5. The number of nitrogens with zero attached hydrogens (tertiary/aromatic N) is 1. The molecule has 1 aromatic heterocycles. The van der Waals surface area contributed by atoms with Crippen LogP contribution < -0.4 is 10.1 Å². The Labute approximate surface area is 167 Å². The highest BCUT2D eigenvalue weighted by Crippen LogP contribution is 2.27. The average molecular weight is 383 g/mol. The molecule has 28 heavy (non-hydrogen) atoms. The van der Waals surface area contributed by atoms with E-state index in [2.05, 4.69) is 42.3 Å². The van der Waals surface area contributed by atoms with E-state index in [1.54, 1.807) is 7.11 Å². The maximum atomic E-state index is 12.9. The largest absolute Gasteiger partial charge is 0.480 e. The van der Waals surface area contributed by atoms with Crippen LogP contribution in [0, 0.1) is 13.8 Å². The Bertz CT molecular complexity index is 874. The minimum Gasteiger partial charge on any atom is -0.480 e. The van der Waals surface area contributed by atoms with E-state index in [0.29, 0.717) is 24.7 Å². The minimum absolute atomic E-state index is 0.181. The summed E-state index contributed by atoms with van der Waals surface area (Å²) in [5, 5.41) is 3.06. The molecule has 0 spiro atoms. The van der Waals surface area contributed by atoms with Gasteiger partial charge in [0.05, 0.1) is 25.9 Å². The third-order valence-electron chi connectivity index (χ3n) is 5.12. The number of benzene rings is 1. The van der Waals surface area contributed by atoms with Crippen molar-refractivity contribution in [2.45, 2.75) is 59.1 Å². The van der Waals surface area contributed by atoms with Gasteiger partial charge in [-0.3, -0.25) is 4.79 Å². The molecule has 1 aliphatic rings. The SMILES string of the molecule is COc1nc2c(cc1C(=O)NC(C)(C)COCc1ccc(C)cc1C)CCC2. The van der Waals surface area contributed by atoms with E-state index in [1.807, 2.05) is 19.9 Å². The molecule has 0 saturated carbocycles. The van der Waals surface area contributed by atoms with E-state index in [1.165, 1.54) is 11.1 Å². The van der Waals surface area contributed by atoms with Crippen LogP contribution in [0.5, 0.6) is 5.88 Å². The number of amides is 1. The summed E-state index contributed by atoms with van der Waals surface area (Å²) in [7, 11) is 1.55. The van der Waals surface area contributed by atoms with E-state index in [0.717, 1.165) is 36.1 Å². The number of hydrogen-bond donors (Lipinski definition) is 1. The lowest BCUT2D eigenvalue weighted by Crippen LogP contribution is -2.47. The van der Waals surface area contributed by atoms with E-state index < -0.39 is 5.54 Å². The first-order chi connectivity index (χ1) is 13.3. The quantitative estimate of drug-likeness (QED) is 0.788. The summed E-state index contributed by atoms with van der Waals surface area (Å²) >= 11 is 0. The topological polar surface area (TPSA) is 60.5 Å². The van der Waals surface area contributed by atoms with Gasteiger partial charge in [0.25, 0.3) is 5.91 Å². The molecule has 5 nitrogen and oxygen atoms in total. The fourth-order valence-electron chi connectivity index (χ4n) is 3.61. The number of rotatable bonds is 7. The number of nitrogens with one attached hydrogen (secondary N) is 1. The van der Waals surface area contributed by atoms with Crippen molar-refractivity contribution in [2.75, 3.05) is 13.7 Å². The van der Waals surface area contributed by atoms with Crippen LogP contribution in [-0.2, 0) is 24.2 Å². The second-order valence-corrected chi connectivity index (χ2v) is 8.27. The van der Waals surface area contributed by atoms with Gasteiger partial charge in [-0.1, -0.05) is 23.8 Å². The molecule has 2 aromatic rings. The molecule has 1 heterocycles. The van der Waals surface area contributed by atoms with Crippen molar-refractivity contribution >= 4 is 5.91 Å². The zero-order chi connectivity index (χ0) is 20.3. The second-order valence-electron chi connectivity index (χ2n) is 8.27. The van der Waals surface area contributed by atoms with Gasteiger partial charge in [0, 0.05) is 5.69 Å². The van der Waals surface area contributed by atoms with Crippen LogP contribution >= 0.6 is 0 Å². The van der Waals surface area contributed by atoms with Gasteiger partial charge in [-0.2, -0.15) is 0 Å². The number of ether oxygens (including phenoxy) is 2. The monoisotopic (exact) mass is 382 g/mol. The van der Waals surface area contributed by atoms with Crippen LogP contribution in [0.15, 0.2) is 24.3 Å². The predicted molar refractivity (Wildman–Crippen MR) is 110 cm³/mol. The summed E-state index contributed by atoms with van der Waals surface area (Å²) in [6.45, 7) is 9.02. The number of aryl methyl sites for hydroxylation is 4. The number of hydrogen-bond acceptors (Lipinski definition) is 4. The van der Waals surface area contributed by atoms with Crippen molar-refractivity contribution in [3.05, 3.63) is 57.8 Å². The second kappa shape index (κ2) is 8.31. The summed E-state index contributed by atoms with van der Waals surface area (Å²) in [4.78, 5) is 17.4. The van der Waals surface area contributed by atoms with E-state index in [-0.39, 0.29) is 5.91 Å². The Kier molecular flexibility index (Phi) is 6.04. The molecule has 0 unspecified atom stereocenters. The van der Waals surface area contributed by atoms with Crippen LogP contribution in [0.1, 0.15) is 58.6 Å². The fourth-order valence-corrected chi connectivity index (χ4v) is 3.61. The number of carbonyl (C=O) groups excluding carboxylic acids is 1. The Hall–Kier alpha value is -2.40. The molecule has 1 aromatic carbocycles. The standard InChI is InChI=1S/C23H30N2O3/c1-15-9-10-18(16(2)11-15)13-28-14-23(3,4)25-21(26)19-12-17-7-6-8-20(17)24-22(19)27-5/h9-12H,6-8,13-14H2,1-5H3,(H,25,26). The van der Waals surface area contributed by atoms with Crippen molar-refractivity contribution in [1.82, 2.24) is 10.3 Å². The third kappa shape index (κ3) is 4.71. The average Bonchev–Trinajstić information content (AvgIpc) is 3.09. The molecule has 0 radical (unpaired) electrons. The normalized spacial score (nSPS) is 13.3. The first kappa shape index (κ1) is 20.3. The Morgan fingerprint density at radius 2 is 2.00 bits per heavy atom. The van der Waals surface area contributed by atoms with Crippen molar-refractivity contribution in [3.8, 4) is 5.88 Å². The van der Waals surface area contributed by atoms with E-state index in [4.69, 9.17) is 9.47 Å². The zero-order valence-electron chi connectivity index (χ0n) is 17.5. The molecule has 0 atom stereocenters. The molecule has 0 bridgehead atoms. The van der Waals surface area contributed by atoms with Gasteiger partial charge in [-0.25, -0.2) is 4.98 Å². The van der Waals surface area contributed by atoms with E-state index in [9.17, 15) is 4.79 Å². The van der Waals surface area contributed by atoms with Gasteiger partial charge in [0.15, 0.2) is 0 Å². The van der Waals surface area contributed by atoms with Crippen LogP contribution in [0.25, 0.3) is 0 Å². The molecule has 0 saturated heterocycles. The predicted octanol–water partition coefficient (Wildman–Crippen LogP) is 3.92. The smallest absolute Gasteiger partial charge is 0.257 e. The maximum Gasteiger partial charge on any atom is 0.257 e. The zero-order valence-corrected chi connectivity index (χ0v) is 17.5. The van der Waals surface area contributed by atoms with Gasteiger partial charge >= 0.3 is 0 Å². The first-order valence-electron chi connectivity index (χ1n) is 9.82. The summed E-state index contributed by atoms with van der Waals surface area (Å²) in [6, 6.07) is 8.26. The van der Waals surface area contributed by atoms with Crippen LogP contribution in [0.3, 0.4) is 0 Å². The third-order valence-corrected chi connectivity index (χ3v) is 5.12. The molecule has 0 aliphatic heterocycles. The lowest BCUT2D eigenvalue weighted by Gasteiger charge is -2.26. The molecular formula is C23H30N2O3. The molecule has 1 aliphatic carbocycles. The van der Waals surface area contributed by atoms with Gasteiger partial charge in [0.1, 0.15) is 5.56 Å². The molecule has 3 rings (SSSR count). The lowest BCUT2D eigenvalue weighted by atomic mass is 10.0. The summed E-state index contributed by atoms with van der Waals surface area (Å²) in [5.74, 6) is 0.212. The molecule has 5 heteroatoms.